The number of nitrogens with zero attached hydrogens (tertiary/aromatic N) is 6. The maximum Gasteiger partial charge on any atom is 0.227 e. The lowest BCUT2D eigenvalue weighted by Crippen LogP contribution is -2.47. The van der Waals surface area contributed by atoms with Gasteiger partial charge in [-0.05, 0) is 62.1 Å². The number of aromatic nitrogens is 3. The molecule has 33 heavy (non-hydrogen) atoms. The normalized spacial score (nSPS) is 16.9. The summed E-state index contributed by atoms with van der Waals surface area (Å²) in [6, 6.07) is 10.9. The molecule has 0 N–H and O–H groups in total. The zero-order chi connectivity index (χ0) is 22.8. The smallest absolute Gasteiger partial charge is 0.227 e. The molecule has 0 spiro atoms. The standard InChI is InChI=1S/C25H28ClFN6/c1-18-16-19(7-8-21(18)27)22-17-23(30-25(29-22)33-10-3-2-4-11-33)31-12-14-32(15-13-31)24-20(26)6-5-9-28-24/h5-9,16-17H,2-4,10-15H2,1H3. The first-order chi connectivity index (χ1) is 16.1. The largest absolute Gasteiger partial charge is 0.353 e. The Hall–Kier alpha value is -2.93. The summed E-state index contributed by atoms with van der Waals surface area (Å²) < 4.78 is 13.9. The van der Waals surface area contributed by atoms with Crippen LogP contribution in [0.15, 0.2) is 42.6 Å². The minimum absolute atomic E-state index is 0.200. The minimum Gasteiger partial charge on any atom is -0.353 e. The molecular formula is C25H28ClFN6. The molecule has 2 fully saturated rings. The highest BCUT2D eigenvalue weighted by Crippen LogP contribution is 2.29. The van der Waals surface area contributed by atoms with Gasteiger partial charge in [-0.3, -0.25) is 0 Å². The highest BCUT2D eigenvalue weighted by Gasteiger charge is 2.23. The molecule has 0 saturated carbocycles. The molecule has 2 aliphatic rings. The van der Waals surface area contributed by atoms with E-state index in [1.54, 1.807) is 19.2 Å². The summed E-state index contributed by atoms with van der Waals surface area (Å²) in [5.41, 5.74) is 2.36. The molecule has 0 aliphatic carbocycles. The Labute approximate surface area is 199 Å². The Bertz CT molecular complexity index is 1130. The quantitative estimate of drug-likeness (QED) is 0.542. The Kier molecular flexibility index (Phi) is 6.31. The van der Waals surface area contributed by atoms with Gasteiger partial charge in [0, 0.05) is 57.1 Å². The third kappa shape index (κ3) is 4.74. The number of benzene rings is 1. The first kappa shape index (κ1) is 21.9. The molecule has 0 amide bonds. The van der Waals surface area contributed by atoms with E-state index < -0.39 is 0 Å². The van der Waals surface area contributed by atoms with Crippen molar-refractivity contribution in [2.24, 2.45) is 0 Å². The second-order valence-corrected chi connectivity index (χ2v) is 9.11. The fourth-order valence-electron chi connectivity index (χ4n) is 4.53. The van der Waals surface area contributed by atoms with Gasteiger partial charge in [0.05, 0.1) is 10.7 Å². The van der Waals surface area contributed by atoms with Crippen molar-refractivity contribution in [2.45, 2.75) is 26.2 Å². The van der Waals surface area contributed by atoms with E-state index in [2.05, 4.69) is 19.7 Å². The van der Waals surface area contributed by atoms with Crippen molar-refractivity contribution in [3.8, 4) is 11.3 Å². The number of hydrogen-bond acceptors (Lipinski definition) is 6. The van der Waals surface area contributed by atoms with E-state index in [1.807, 2.05) is 24.3 Å². The molecule has 2 aromatic heterocycles. The number of piperidine rings is 1. The van der Waals surface area contributed by atoms with Crippen molar-refractivity contribution in [3.05, 3.63) is 59.0 Å². The van der Waals surface area contributed by atoms with Crippen LogP contribution in [0, 0.1) is 12.7 Å². The Balaban J connectivity index is 1.44. The number of piperazine rings is 1. The van der Waals surface area contributed by atoms with Gasteiger partial charge in [-0.25, -0.2) is 14.4 Å². The topological polar surface area (TPSA) is 48.4 Å². The lowest BCUT2D eigenvalue weighted by atomic mass is 10.1. The molecule has 2 aliphatic heterocycles. The zero-order valence-corrected chi connectivity index (χ0v) is 19.6. The molecule has 8 heteroatoms. The fourth-order valence-corrected chi connectivity index (χ4v) is 4.77. The molecule has 4 heterocycles. The number of pyridine rings is 1. The number of rotatable bonds is 4. The second-order valence-electron chi connectivity index (χ2n) is 8.71. The highest BCUT2D eigenvalue weighted by atomic mass is 35.5. The van der Waals surface area contributed by atoms with Gasteiger partial charge < -0.3 is 14.7 Å². The van der Waals surface area contributed by atoms with Gasteiger partial charge in [-0.2, -0.15) is 4.98 Å². The average Bonchev–Trinajstić information content (AvgIpc) is 2.86. The monoisotopic (exact) mass is 466 g/mol. The van der Waals surface area contributed by atoms with Crippen LogP contribution in [0.3, 0.4) is 0 Å². The zero-order valence-electron chi connectivity index (χ0n) is 18.8. The lowest BCUT2D eigenvalue weighted by molar-refractivity contribution is 0.567. The summed E-state index contributed by atoms with van der Waals surface area (Å²) in [4.78, 5) is 21.1. The van der Waals surface area contributed by atoms with E-state index >= 15 is 0 Å². The fraction of sp³-hybridized carbons (Fsp3) is 0.400. The van der Waals surface area contributed by atoms with E-state index in [9.17, 15) is 4.39 Å². The maximum atomic E-state index is 13.9. The van der Waals surface area contributed by atoms with E-state index in [1.165, 1.54) is 12.5 Å². The van der Waals surface area contributed by atoms with Crippen LogP contribution < -0.4 is 14.7 Å². The molecule has 0 unspecified atom stereocenters. The van der Waals surface area contributed by atoms with Gasteiger partial charge in [0.1, 0.15) is 17.5 Å². The molecule has 5 rings (SSSR count). The molecular weight excluding hydrogens is 439 g/mol. The van der Waals surface area contributed by atoms with E-state index in [0.717, 1.165) is 81.0 Å². The first-order valence-electron chi connectivity index (χ1n) is 11.6. The summed E-state index contributed by atoms with van der Waals surface area (Å²) in [6.07, 6.45) is 5.34. The van der Waals surface area contributed by atoms with Crippen LogP contribution in [0.5, 0.6) is 0 Å². The van der Waals surface area contributed by atoms with Crippen LogP contribution in [0.25, 0.3) is 11.3 Å². The molecule has 0 radical (unpaired) electrons. The van der Waals surface area contributed by atoms with Crippen LogP contribution in [0.2, 0.25) is 5.02 Å². The third-order valence-corrected chi connectivity index (χ3v) is 6.73. The van der Waals surface area contributed by atoms with Crippen LogP contribution in [-0.2, 0) is 0 Å². The summed E-state index contributed by atoms with van der Waals surface area (Å²) in [5.74, 6) is 2.31. The van der Waals surface area contributed by atoms with Gasteiger partial charge in [0.25, 0.3) is 0 Å². The molecule has 0 atom stereocenters. The molecule has 0 bridgehead atoms. The van der Waals surface area contributed by atoms with Gasteiger partial charge in [-0.1, -0.05) is 11.6 Å². The SMILES string of the molecule is Cc1cc(-c2cc(N3CCN(c4ncccc4Cl)CC3)nc(N3CCCCC3)n2)ccc1F. The van der Waals surface area contributed by atoms with Crippen LogP contribution in [-0.4, -0.2) is 54.2 Å². The van der Waals surface area contributed by atoms with Crippen molar-refractivity contribution in [2.75, 3.05) is 54.0 Å². The summed E-state index contributed by atoms with van der Waals surface area (Å²) in [5, 5.41) is 0.675. The Morgan fingerprint density at radius 2 is 1.61 bits per heavy atom. The van der Waals surface area contributed by atoms with Gasteiger partial charge in [0.2, 0.25) is 5.95 Å². The third-order valence-electron chi connectivity index (χ3n) is 6.44. The molecule has 172 valence electrons. The predicted molar refractivity (Wildman–Crippen MR) is 132 cm³/mol. The van der Waals surface area contributed by atoms with E-state index in [0.29, 0.717) is 10.6 Å². The lowest BCUT2D eigenvalue weighted by Gasteiger charge is -2.37. The van der Waals surface area contributed by atoms with E-state index in [4.69, 9.17) is 21.6 Å². The first-order valence-corrected chi connectivity index (χ1v) is 12.0. The summed E-state index contributed by atoms with van der Waals surface area (Å²) in [7, 11) is 0. The van der Waals surface area contributed by atoms with Crippen LogP contribution >= 0.6 is 11.6 Å². The maximum absolute atomic E-state index is 13.9. The van der Waals surface area contributed by atoms with Crippen molar-refractivity contribution in [1.82, 2.24) is 15.0 Å². The summed E-state index contributed by atoms with van der Waals surface area (Å²) >= 11 is 6.36. The number of hydrogen-bond donors (Lipinski definition) is 0. The highest BCUT2D eigenvalue weighted by molar-refractivity contribution is 6.32. The van der Waals surface area contributed by atoms with Crippen molar-refractivity contribution in [1.29, 1.82) is 0 Å². The van der Waals surface area contributed by atoms with Gasteiger partial charge in [-0.15, -0.1) is 0 Å². The second kappa shape index (κ2) is 9.51. The van der Waals surface area contributed by atoms with Gasteiger partial charge in [0.15, 0.2) is 0 Å². The van der Waals surface area contributed by atoms with Crippen molar-refractivity contribution < 1.29 is 4.39 Å². The van der Waals surface area contributed by atoms with E-state index in [-0.39, 0.29) is 5.82 Å². The number of aryl methyl sites for hydroxylation is 1. The van der Waals surface area contributed by atoms with Crippen LogP contribution in [0.4, 0.5) is 22.0 Å². The molecule has 1 aromatic carbocycles. The molecule has 2 saturated heterocycles. The Morgan fingerprint density at radius 1 is 0.848 bits per heavy atom. The Morgan fingerprint density at radius 3 is 2.33 bits per heavy atom. The predicted octanol–water partition coefficient (Wildman–Crippen LogP) is 4.96. The number of halogens is 2. The summed E-state index contributed by atoms with van der Waals surface area (Å²) in [6.45, 7) is 6.97. The van der Waals surface area contributed by atoms with Crippen molar-refractivity contribution in [3.63, 3.8) is 0 Å². The van der Waals surface area contributed by atoms with Crippen molar-refractivity contribution >= 4 is 29.2 Å². The average molecular weight is 467 g/mol. The molecule has 6 nitrogen and oxygen atoms in total. The molecule has 3 aromatic rings. The minimum atomic E-state index is -0.200. The number of anilines is 3. The van der Waals surface area contributed by atoms with Crippen LogP contribution in [0.1, 0.15) is 24.8 Å². The van der Waals surface area contributed by atoms with Gasteiger partial charge >= 0.3 is 0 Å².